The van der Waals surface area contributed by atoms with E-state index in [9.17, 15) is 4.79 Å². The molecule has 1 fully saturated rings. The van der Waals surface area contributed by atoms with E-state index in [0.717, 1.165) is 36.5 Å². The van der Waals surface area contributed by atoms with Crippen molar-refractivity contribution in [3.63, 3.8) is 0 Å². The van der Waals surface area contributed by atoms with Gasteiger partial charge in [-0.1, -0.05) is 30.0 Å². The van der Waals surface area contributed by atoms with E-state index in [1.165, 1.54) is 18.2 Å². The topological polar surface area (TPSA) is 63.9 Å². The number of piperidine rings is 1. The van der Waals surface area contributed by atoms with E-state index in [1.54, 1.807) is 12.4 Å². The van der Waals surface area contributed by atoms with Crippen molar-refractivity contribution in [2.45, 2.75) is 37.4 Å². The number of carbonyl (C=O) groups excluding carboxylic acids is 1. The number of nitrogens with zero attached hydrogens (tertiary/aromatic N) is 5. The average Bonchev–Trinajstić information content (AvgIpc) is 3.17. The van der Waals surface area contributed by atoms with Crippen molar-refractivity contribution in [2.24, 2.45) is 0 Å². The molecular formula is C21H23N5OS. The molecule has 1 aliphatic rings. The van der Waals surface area contributed by atoms with Gasteiger partial charge in [0.05, 0.1) is 5.75 Å². The van der Waals surface area contributed by atoms with Gasteiger partial charge < -0.3 is 4.90 Å². The van der Waals surface area contributed by atoms with Crippen LogP contribution in [0.25, 0.3) is 17.1 Å². The second-order valence-corrected chi connectivity index (χ2v) is 7.88. The Bertz CT molecular complexity index is 928. The minimum absolute atomic E-state index is 0.169. The summed E-state index contributed by atoms with van der Waals surface area (Å²) in [6.45, 7) is 2.99. The first-order valence-electron chi connectivity index (χ1n) is 9.57. The van der Waals surface area contributed by atoms with Gasteiger partial charge in [0.25, 0.3) is 0 Å². The number of likely N-dealkylation sites (tertiary alicyclic amines) is 1. The number of hydrogen-bond donors (Lipinski definition) is 0. The third-order valence-electron chi connectivity index (χ3n) is 5.02. The molecular weight excluding hydrogens is 370 g/mol. The molecule has 0 spiro atoms. The highest BCUT2D eigenvalue weighted by Gasteiger charge is 2.24. The van der Waals surface area contributed by atoms with Crippen LogP contribution in [0, 0.1) is 0 Å². The summed E-state index contributed by atoms with van der Waals surface area (Å²) in [4.78, 5) is 18.9. The van der Waals surface area contributed by atoms with Crippen molar-refractivity contribution >= 4 is 17.7 Å². The Balaban J connectivity index is 1.60. The molecule has 3 aromatic rings. The molecule has 2 aromatic heterocycles. The lowest BCUT2D eigenvalue weighted by Crippen LogP contribution is -2.42. The quantitative estimate of drug-likeness (QED) is 0.617. The molecule has 0 saturated carbocycles. The first kappa shape index (κ1) is 18.7. The molecule has 0 unspecified atom stereocenters. The molecule has 6 nitrogen and oxygen atoms in total. The number of benzene rings is 1. The van der Waals surface area contributed by atoms with Crippen LogP contribution in [-0.2, 0) is 4.79 Å². The summed E-state index contributed by atoms with van der Waals surface area (Å²) in [5, 5.41) is 9.49. The molecule has 0 radical (unpaired) electrons. The summed E-state index contributed by atoms with van der Waals surface area (Å²) >= 11 is 1.44. The SMILES string of the molecule is C[C@H]1CCCCN1C(=O)CSc1nnc(-c2cccnc2)n1-c1ccccc1. The highest BCUT2D eigenvalue weighted by molar-refractivity contribution is 7.99. The van der Waals surface area contributed by atoms with Crippen LogP contribution in [-0.4, -0.2) is 48.9 Å². The third-order valence-corrected chi connectivity index (χ3v) is 5.93. The number of amides is 1. The van der Waals surface area contributed by atoms with Gasteiger partial charge in [0.2, 0.25) is 5.91 Å². The molecule has 144 valence electrons. The zero-order chi connectivity index (χ0) is 19.3. The molecule has 1 aliphatic heterocycles. The minimum atomic E-state index is 0.169. The zero-order valence-electron chi connectivity index (χ0n) is 15.9. The number of hydrogen-bond acceptors (Lipinski definition) is 5. The highest BCUT2D eigenvalue weighted by Crippen LogP contribution is 2.28. The summed E-state index contributed by atoms with van der Waals surface area (Å²) in [5.41, 5.74) is 1.86. The predicted molar refractivity (Wildman–Crippen MR) is 110 cm³/mol. The standard InChI is InChI=1S/C21H23N5OS/c1-16-8-5-6-13-25(16)19(27)15-28-21-24-23-20(17-9-7-12-22-14-17)26(21)18-10-3-2-4-11-18/h2-4,7,9-12,14,16H,5-6,8,13,15H2,1H3/t16-/m0/s1. The van der Waals surface area contributed by atoms with Crippen LogP contribution in [0.5, 0.6) is 0 Å². The van der Waals surface area contributed by atoms with Gasteiger partial charge in [-0.25, -0.2) is 0 Å². The maximum atomic E-state index is 12.7. The Morgan fingerprint density at radius 2 is 2.00 bits per heavy atom. The molecule has 4 rings (SSSR count). The second kappa shape index (κ2) is 8.56. The maximum absolute atomic E-state index is 12.7. The van der Waals surface area contributed by atoms with Crippen molar-refractivity contribution < 1.29 is 4.79 Å². The largest absolute Gasteiger partial charge is 0.339 e. The fraction of sp³-hybridized carbons (Fsp3) is 0.333. The van der Waals surface area contributed by atoms with Crippen LogP contribution >= 0.6 is 11.8 Å². The van der Waals surface area contributed by atoms with Gasteiger partial charge >= 0.3 is 0 Å². The average molecular weight is 394 g/mol. The zero-order valence-corrected chi connectivity index (χ0v) is 16.7. The summed E-state index contributed by atoms with van der Waals surface area (Å²) in [6.07, 6.45) is 6.89. The van der Waals surface area contributed by atoms with Gasteiger partial charge in [-0.05, 0) is 50.5 Å². The molecule has 0 N–H and O–H groups in total. The fourth-order valence-electron chi connectivity index (χ4n) is 3.53. The Labute approximate surface area is 169 Å². The summed E-state index contributed by atoms with van der Waals surface area (Å²) in [6, 6.07) is 14.1. The van der Waals surface area contributed by atoms with E-state index in [1.807, 2.05) is 51.9 Å². The number of para-hydroxylation sites is 1. The van der Waals surface area contributed by atoms with Gasteiger partial charge in [0.1, 0.15) is 0 Å². The van der Waals surface area contributed by atoms with E-state index in [2.05, 4.69) is 22.1 Å². The molecule has 1 aromatic carbocycles. The van der Waals surface area contributed by atoms with Crippen LogP contribution in [0.4, 0.5) is 0 Å². The number of rotatable bonds is 5. The van der Waals surface area contributed by atoms with Crippen LogP contribution in [0.1, 0.15) is 26.2 Å². The van der Waals surface area contributed by atoms with Gasteiger partial charge in [-0.2, -0.15) is 0 Å². The van der Waals surface area contributed by atoms with E-state index < -0.39 is 0 Å². The molecule has 28 heavy (non-hydrogen) atoms. The van der Waals surface area contributed by atoms with Crippen molar-refractivity contribution in [1.82, 2.24) is 24.6 Å². The maximum Gasteiger partial charge on any atom is 0.233 e. The lowest BCUT2D eigenvalue weighted by Gasteiger charge is -2.33. The van der Waals surface area contributed by atoms with Gasteiger partial charge in [-0.15, -0.1) is 10.2 Å². The number of carbonyl (C=O) groups is 1. The first-order valence-corrected chi connectivity index (χ1v) is 10.6. The smallest absolute Gasteiger partial charge is 0.233 e. The molecule has 7 heteroatoms. The first-order chi connectivity index (χ1) is 13.7. The Kier molecular flexibility index (Phi) is 5.71. The Morgan fingerprint density at radius 1 is 1.14 bits per heavy atom. The minimum Gasteiger partial charge on any atom is -0.339 e. The van der Waals surface area contributed by atoms with Crippen molar-refractivity contribution in [3.8, 4) is 17.1 Å². The van der Waals surface area contributed by atoms with Crippen LogP contribution < -0.4 is 0 Å². The van der Waals surface area contributed by atoms with Crippen molar-refractivity contribution in [2.75, 3.05) is 12.3 Å². The van der Waals surface area contributed by atoms with Gasteiger partial charge in [0, 0.05) is 36.2 Å². The van der Waals surface area contributed by atoms with Gasteiger partial charge in [-0.3, -0.25) is 14.3 Å². The predicted octanol–water partition coefficient (Wildman–Crippen LogP) is 3.82. The van der Waals surface area contributed by atoms with Gasteiger partial charge in [0.15, 0.2) is 11.0 Å². The van der Waals surface area contributed by atoms with E-state index in [-0.39, 0.29) is 5.91 Å². The van der Waals surface area contributed by atoms with E-state index in [0.29, 0.717) is 17.0 Å². The summed E-state index contributed by atoms with van der Waals surface area (Å²) in [5.74, 6) is 1.26. The van der Waals surface area contributed by atoms with E-state index >= 15 is 0 Å². The molecule has 3 heterocycles. The molecule has 0 bridgehead atoms. The van der Waals surface area contributed by atoms with E-state index in [4.69, 9.17) is 0 Å². The van der Waals surface area contributed by atoms with Crippen LogP contribution in [0.3, 0.4) is 0 Å². The number of aromatic nitrogens is 4. The third kappa shape index (κ3) is 3.94. The number of thioether (sulfide) groups is 1. The highest BCUT2D eigenvalue weighted by atomic mass is 32.2. The van der Waals surface area contributed by atoms with Crippen LogP contribution in [0.2, 0.25) is 0 Å². The monoisotopic (exact) mass is 393 g/mol. The van der Waals surface area contributed by atoms with Crippen molar-refractivity contribution in [3.05, 3.63) is 54.9 Å². The van der Waals surface area contributed by atoms with Crippen molar-refractivity contribution in [1.29, 1.82) is 0 Å². The Morgan fingerprint density at radius 3 is 2.75 bits per heavy atom. The second-order valence-electron chi connectivity index (χ2n) is 6.94. The molecule has 1 atom stereocenters. The van der Waals surface area contributed by atoms with Crippen LogP contribution in [0.15, 0.2) is 60.0 Å². The fourth-order valence-corrected chi connectivity index (χ4v) is 4.37. The summed E-state index contributed by atoms with van der Waals surface area (Å²) < 4.78 is 1.99. The summed E-state index contributed by atoms with van der Waals surface area (Å²) in [7, 11) is 0. The molecule has 0 aliphatic carbocycles. The number of pyridine rings is 1. The molecule has 1 saturated heterocycles. The Hall–Kier alpha value is -2.67. The molecule has 1 amide bonds. The lowest BCUT2D eigenvalue weighted by atomic mass is 10.0. The normalized spacial score (nSPS) is 16.9. The lowest BCUT2D eigenvalue weighted by molar-refractivity contribution is -0.131.